The van der Waals surface area contributed by atoms with Gasteiger partial charge in [0.25, 0.3) is 0 Å². The summed E-state index contributed by atoms with van der Waals surface area (Å²) < 4.78 is 5.12. The molecule has 0 radical (unpaired) electrons. The molecular formula is C16H25NO2. The molecule has 3 heteroatoms. The van der Waals surface area contributed by atoms with Crippen molar-refractivity contribution in [2.45, 2.75) is 52.0 Å². The molecule has 0 saturated heterocycles. The Balaban J connectivity index is 1.96. The molecule has 0 bridgehead atoms. The Hall–Kier alpha value is -1.51. The zero-order valence-corrected chi connectivity index (χ0v) is 11.9. The van der Waals surface area contributed by atoms with Gasteiger partial charge < -0.3 is 10.1 Å². The number of hydrogen-bond acceptors (Lipinski definition) is 2. The molecule has 0 heterocycles. The van der Waals surface area contributed by atoms with E-state index in [4.69, 9.17) is 4.74 Å². The molecule has 0 spiro atoms. The van der Waals surface area contributed by atoms with E-state index < -0.39 is 0 Å². The molecule has 1 aromatic carbocycles. The maximum atomic E-state index is 11.4. The van der Waals surface area contributed by atoms with Gasteiger partial charge in [-0.2, -0.15) is 0 Å². The predicted molar refractivity (Wildman–Crippen MR) is 78.0 cm³/mol. The van der Waals surface area contributed by atoms with Gasteiger partial charge in [-0.05, 0) is 12.0 Å². The number of hydrogen-bond donors (Lipinski definition) is 1. The van der Waals surface area contributed by atoms with Crippen LogP contribution >= 0.6 is 0 Å². The highest BCUT2D eigenvalue weighted by atomic mass is 16.5. The first-order valence-corrected chi connectivity index (χ1v) is 7.27. The average molecular weight is 263 g/mol. The van der Waals surface area contributed by atoms with Crippen molar-refractivity contribution in [2.24, 2.45) is 0 Å². The minimum Gasteiger partial charge on any atom is -0.450 e. The lowest BCUT2D eigenvalue weighted by molar-refractivity contribution is 0.143. The average Bonchev–Trinajstić information content (AvgIpc) is 2.45. The van der Waals surface area contributed by atoms with Crippen LogP contribution in [0.15, 0.2) is 30.3 Å². The van der Waals surface area contributed by atoms with Crippen molar-refractivity contribution in [1.29, 1.82) is 0 Å². The van der Waals surface area contributed by atoms with Crippen molar-refractivity contribution in [3.05, 3.63) is 35.9 Å². The molecule has 1 aromatic rings. The smallest absolute Gasteiger partial charge is 0.407 e. The van der Waals surface area contributed by atoms with Crippen molar-refractivity contribution in [3.63, 3.8) is 0 Å². The topological polar surface area (TPSA) is 38.3 Å². The van der Waals surface area contributed by atoms with E-state index in [1.807, 2.05) is 30.3 Å². The third-order valence-corrected chi connectivity index (χ3v) is 3.01. The Bertz CT molecular complexity index is 338. The van der Waals surface area contributed by atoms with Gasteiger partial charge >= 0.3 is 6.09 Å². The van der Waals surface area contributed by atoms with Crippen LogP contribution in [0.1, 0.15) is 51.0 Å². The molecule has 0 aliphatic heterocycles. The summed E-state index contributed by atoms with van der Waals surface area (Å²) in [6.45, 7) is 3.25. The third-order valence-electron chi connectivity index (χ3n) is 3.01. The maximum Gasteiger partial charge on any atom is 0.407 e. The highest BCUT2D eigenvalue weighted by molar-refractivity contribution is 5.67. The standard InChI is InChI=1S/C16H25NO2/c1-2-3-4-5-6-10-13-19-16(18)17-14-15-11-8-7-9-12-15/h7-9,11-12H,2-6,10,13-14H2,1H3,(H,17,18). The summed E-state index contributed by atoms with van der Waals surface area (Å²) in [5.41, 5.74) is 1.08. The number of nitrogens with one attached hydrogen (secondary N) is 1. The number of amides is 1. The van der Waals surface area contributed by atoms with E-state index in [0.29, 0.717) is 13.2 Å². The highest BCUT2D eigenvalue weighted by Crippen LogP contribution is 2.05. The Morgan fingerprint density at radius 1 is 1.05 bits per heavy atom. The van der Waals surface area contributed by atoms with Crippen molar-refractivity contribution >= 4 is 6.09 Å². The summed E-state index contributed by atoms with van der Waals surface area (Å²) in [7, 11) is 0. The Morgan fingerprint density at radius 3 is 2.47 bits per heavy atom. The van der Waals surface area contributed by atoms with Crippen LogP contribution in [-0.4, -0.2) is 12.7 Å². The zero-order chi connectivity index (χ0) is 13.8. The van der Waals surface area contributed by atoms with Crippen molar-refractivity contribution in [3.8, 4) is 0 Å². The molecular weight excluding hydrogens is 238 g/mol. The van der Waals surface area contributed by atoms with E-state index in [1.165, 1.54) is 25.7 Å². The first-order chi connectivity index (χ1) is 9.33. The van der Waals surface area contributed by atoms with Gasteiger partial charge in [-0.3, -0.25) is 0 Å². The highest BCUT2D eigenvalue weighted by Gasteiger charge is 2.01. The molecule has 0 atom stereocenters. The molecule has 3 nitrogen and oxygen atoms in total. The van der Waals surface area contributed by atoms with Crippen LogP contribution in [0, 0.1) is 0 Å². The van der Waals surface area contributed by atoms with Gasteiger partial charge in [0.1, 0.15) is 0 Å². The molecule has 0 aliphatic carbocycles. The van der Waals surface area contributed by atoms with Crippen molar-refractivity contribution in [2.75, 3.05) is 6.61 Å². The second-order valence-electron chi connectivity index (χ2n) is 4.74. The number of carbonyl (C=O) groups excluding carboxylic acids is 1. The van der Waals surface area contributed by atoms with Crippen LogP contribution in [0.5, 0.6) is 0 Å². The molecule has 1 amide bonds. The number of carbonyl (C=O) groups is 1. The molecule has 0 aliphatic rings. The van der Waals surface area contributed by atoms with Gasteiger partial charge in [0.05, 0.1) is 6.61 Å². The largest absolute Gasteiger partial charge is 0.450 e. The first-order valence-electron chi connectivity index (χ1n) is 7.27. The van der Waals surface area contributed by atoms with E-state index >= 15 is 0 Å². The van der Waals surface area contributed by atoms with Crippen LogP contribution in [0.3, 0.4) is 0 Å². The monoisotopic (exact) mass is 263 g/mol. The summed E-state index contributed by atoms with van der Waals surface area (Å²) >= 11 is 0. The quantitative estimate of drug-likeness (QED) is 0.675. The number of rotatable bonds is 9. The normalized spacial score (nSPS) is 10.2. The molecule has 0 unspecified atom stereocenters. The van der Waals surface area contributed by atoms with Gasteiger partial charge in [-0.1, -0.05) is 69.4 Å². The van der Waals surface area contributed by atoms with Gasteiger partial charge in [0, 0.05) is 6.54 Å². The second-order valence-corrected chi connectivity index (χ2v) is 4.74. The summed E-state index contributed by atoms with van der Waals surface area (Å²) in [4.78, 5) is 11.4. The van der Waals surface area contributed by atoms with Crippen LogP contribution in [0.4, 0.5) is 4.79 Å². The van der Waals surface area contributed by atoms with E-state index in [9.17, 15) is 4.79 Å². The van der Waals surface area contributed by atoms with Gasteiger partial charge in [0.2, 0.25) is 0 Å². The van der Waals surface area contributed by atoms with Gasteiger partial charge in [0.15, 0.2) is 0 Å². The van der Waals surface area contributed by atoms with E-state index in [2.05, 4.69) is 12.2 Å². The molecule has 0 fully saturated rings. The molecule has 1 N–H and O–H groups in total. The zero-order valence-electron chi connectivity index (χ0n) is 11.9. The first kappa shape index (κ1) is 15.5. The van der Waals surface area contributed by atoms with E-state index in [0.717, 1.165) is 18.4 Å². The summed E-state index contributed by atoms with van der Waals surface area (Å²) in [6.07, 6.45) is 6.88. The molecule has 0 aromatic heterocycles. The van der Waals surface area contributed by atoms with Gasteiger partial charge in [-0.15, -0.1) is 0 Å². The Labute approximate surface area is 116 Å². The van der Waals surface area contributed by atoms with Gasteiger partial charge in [-0.25, -0.2) is 4.79 Å². The van der Waals surface area contributed by atoms with Crippen molar-refractivity contribution < 1.29 is 9.53 Å². The molecule has 106 valence electrons. The number of benzene rings is 1. The number of ether oxygens (including phenoxy) is 1. The van der Waals surface area contributed by atoms with Crippen LogP contribution < -0.4 is 5.32 Å². The summed E-state index contributed by atoms with van der Waals surface area (Å²) in [5, 5.41) is 2.75. The fourth-order valence-corrected chi connectivity index (χ4v) is 1.87. The van der Waals surface area contributed by atoms with Crippen LogP contribution in [-0.2, 0) is 11.3 Å². The molecule has 19 heavy (non-hydrogen) atoms. The van der Waals surface area contributed by atoms with Crippen LogP contribution in [0.2, 0.25) is 0 Å². The summed E-state index contributed by atoms with van der Waals surface area (Å²) in [5.74, 6) is 0. The number of unbranched alkanes of at least 4 members (excludes halogenated alkanes) is 5. The maximum absolute atomic E-state index is 11.4. The van der Waals surface area contributed by atoms with Crippen LogP contribution in [0.25, 0.3) is 0 Å². The fraction of sp³-hybridized carbons (Fsp3) is 0.562. The summed E-state index contributed by atoms with van der Waals surface area (Å²) in [6, 6.07) is 9.83. The lowest BCUT2D eigenvalue weighted by Crippen LogP contribution is -2.24. The van der Waals surface area contributed by atoms with Crippen molar-refractivity contribution in [1.82, 2.24) is 5.32 Å². The predicted octanol–water partition coefficient (Wildman–Crippen LogP) is 4.27. The number of alkyl carbamates (subject to hydrolysis) is 1. The minimum atomic E-state index is -0.322. The Kier molecular flexibility index (Phi) is 8.52. The fourth-order valence-electron chi connectivity index (χ4n) is 1.87. The van der Waals surface area contributed by atoms with E-state index in [-0.39, 0.29) is 6.09 Å². The minimum absolute atomic E-state index is 0.322. The molecule has 0 saturated carbocycles. The van der Waals surface area contributed by atoms with E-state index in [1.54, 1.807) is 0 Å². The lowest BCUT2D eigenvalue weighted by Gasteiger charge is -2.07. The second kappa shape index (κ2) is 10.4. The Morgan fingerprint density at radius 2 is 1.74 bits per heavy atom. The lowest BCUT2D eigenvalue weighted by atomic mass is 10.1. The molecule has 1 rings (SSSR count). The SMILES string of the molecule is CCCCCCCCOC(=O)NCc1ccccc1. The third kappa shape index (κ3) is 8.25.